The molecule has 1 amide bonds. The number of likely N-dealkylation sites (N-methyl/N-ethyl adjacent to an activating group) is 1. The summed E-state index contributed by atoms with van der Waals surface area (Å²) >= 11 is 0. The number of rotatable bonds is 3. The maximum absolute atomic E-state index is 9.45. The van der Waals surface area contributed by atoms with Crippen molar-refractivity contribution in [1.82, 2.24) is 5.32 Å². The van der Waals surface area contributed by atoms with Crippen molar-refractivity contribution in [3.05, 3.63) is 29.3 Å². The Kier molecular flexibility index (Phi) is 5.53. The molecule has 17 heavy (non-hydrogen) atoms. The maximum Gasteiger partial charge on any atom is 0.207 e. The fourth-order valence-electron chi connectivity index (χ4n) is 1.90. The molecule has 0 radical (unpaired) electrons. The third kappa shape index (κ3) is 4.10. The molecule has 0 bridgehead atoms. The molecular formula is C14H22N2O. The monoisotopic (exact) mass is 234 g/mol. The number of aryl methyl sites for hydroxylation is 1. The molecule has 0 spiro atoms. The zero-order valence-electron chi connectivity index (χ0n) is 11.0. The van der Waals surface area contributed by atoms with Gasteiger partial charge in [0.05, 0.1) is 0 Å². The summed E-state index contributed by atoms with van der Waals surface area (Å²) in [6.07, 6.45) is 2.94. The number of nitrogens with one attached hydrogen (secondary N) is 1. The lowest BCUT2D eigenvalue weighted by Gasteiger charge is -2.11. The zero-order valence-corrected chi connectivity index (χ0v) is 11.0. The van der Waals surface area contributed by atoms with Gasteiger partial charge in [-0.05, 0) is 31.4 Å². The average molecular weight is 234 g/mol. The van der Waals surface area contributed by atoms with Crippen LogP contribution in [0.3, 0.4) is 0 Å². The highest BCUT2D eigenvalue weighted by Crippen LogP contribution is 2.26. The Bertz CT molecular complexity index is 363. The number of hydrogen-bond acceptors (Lipinski definition) is 2. The predicted molar refractivity (Wildman–Crippen MR) is 72.5 cm³/mol. The molecule has 1 N–H and O–H groups in total. The Morgan fingerprint density at radius 3 is 2.82 bits per heavy atom. The number of carbonyl (C=O) groups excluding carboxylic acids is 1. The molecular weight excluding hydrogens is 212 g/mol. The molecule has 3 heteroatoms. The number of benzene rings is 1. The maximum atomic E-state index is 9.45. The molecule has 0 atom stereocenters. The lowest BCUT2D eigenvalue weighted by atomic mass is 10.1. The van der Waals surface area contributed by atoms with Crippen LogP contribution in [0.2, 0.25) is 0 Å². The molecule has 2 rings (SSSR count). The summed E-state index contributed by atoms with van der Waals surface area (Å²) in [5.41, 5.74) is 4.29. The predicted octanol–water partition coefficient (Wildman–Crippen LogP) is 2.13. The van der Waals surface area contributed by atoms with E-state index < -0.39 is 0 Å². The number of anilines is 1. The molecule has 0 fully saturated rings. The third-order valence-electron chi connectivity index (χ3n) is 2.84. The van der Waals surface area contributed by atoms with Gasteiger partial charge in [-0.25, -0.2) is 0 Å². The van der Waals surface area contributed by atoms with E-state index in [0.717, 1.165) is 13.0 Å². The normalized spacial score (nSPS) is 12.5. The molecule has 1 heterocycles. The molecule has 94 valence electrons. The van der Waals surface area contributed by atoms with Crippen LogP contribution in [0.5, 0.6) is 0 Å². The first-order chi connectivity index (χ1) is 8.19. The second-order valence-corrected chi connectivity index (χ2v) is 4.38. The van der Waals surface area contributed by atoms with Crippen molar-refractivity contribution in [3.8, 4) is 0 Å². The highest BCUT2D eigenvalue weighted by molar-refractivity contribution is 5.58. The first kappa shape index (κ1) is 13.6. The quantitative estimate of drug-likeness (QED) is 0.642. The molecule has 1 aliphatic heterocycles. The Morgan fingerprint density at radius 1 is 1.47 bits per heavy atom. The van der Waals surface area contributed by atoms with Crippen molar-refractivity contribution >= 4 is 12.1 Å². The number of carbonyl (C=O) groups is 1. The molecule has 1 aliphatic rings. The topological polar surface area (TPSA) is 32.3 Å². The van der Waals surface area contributed by atoms with E-state index in [-0.39, 0.29) is 0 Å². The molecule has 1 aromatic rings. The summed E-state index contributed by atoms with van der Waals surface area (Å²) in [4.78, 5) is 11.8. The molecule has 0 aliphatic carbocycles. The van der Waals surface area contributed by atoms with Crippen LogP contribution in [-0.2, 0) is 11.2 Å². The first-order valence-corrected chi connectivity index (χ1v) is 6.16. The second-order valence-electron chi connectivity index (χ2n) is 4.38. The Labute approximate surface area is 104 Å². The summed E-state index contributed by atoms with van der Waals surface area (Å²) in [6, 6.07) is 6.69. The summed E-state index contributed by atoms with van der Waals surface area (Å²) in [6.45, 7) is 6.14. The van der Waals surface area contributed by atoms with Gasteiger partial charge in [-0.15, -0.1) is 0 Å². The molecule has 0 saturated heterocycles. The van der Waals surface area contributed by atoms with Gasteiger partial charge in [-0.1, -0.05) is 24.6 Å². The smallest absolute Gasteiger partial charge is 0.207 e. The number of fused-ring (bicyclic) bond motifs is 1. The van der Waals surface area contributed by atoms with Crippen molar-refractivity contribution < 1.29 is 4.79 Å². The van der Waals surface area contributed by atoms with Crippen LogP contribution in [0.25, 0.3) is 0 Å². The summed E-state index contributed by atoms with van der Waals surface area (Å²) < 4.78 is 0. The van der Waals surface area contributed by atoms with Gasteiger partial charge >= 0.3 is 0 Å². The van der Waals surface area contributed by atoms with E-state index in [9.17, 15) is 4.79 Å². The zero-order chi connectivity index (χ0) is 12.7. The van der Waals surface area contributed by atoms with Gasteiger partial charge in [0.25, 0.3) is 0 Å². The number of nitrogens with zero attached hydrogens (tertiary/aromatic N) is 1. The van der Waals surface area contributed by atoms with Crippen LogP contribution in [0, 0.1) is 6.92 Å². The van der Waals surface area contributed by atoms with Crippen molar-refractivity contribution in [1.29, 1.82) is 0 Å². The van der Waals surface area contributed by atoms with Gasteiger partial charge in [0.2, 0.25) is 6.41 Å². The SMILES string of the molecule is CCCNC=O.Cc1ccc2c(c1)CCN2C. The Balaban J connectivity index is 0.000000209. The summed E-state index contributed by atoms with van der Waals surface area (Å²) in [5.74, 6) is 0. The summed E-state index contributed by atoms with van der Waals surface area (Å²) in [5, 5.41) is 2.52. The minimum Gasteiger partial charge on any atom is -0.374 e. The third-order valence-corrected chi connectivity index (χ3v) is 2.84. The lowest BCUT2D eigenvalue weighted by Crippen LogP contribution is -2.12. The highest BCUT2D eigenvalue weighted by atomic mass is 16.1. The van der Waals surface area contributed by atoms with Crippen LogP contribution in [-0.4, -0.2) is 26.5 Å². The minimum atomic E-state index is 0.712. The molecule has 3 nitrogen and oxygen atoms in total. The van der Waals surface area contributed by atoms with Crippen LogP contribution >= 0.6 is 0 Å². The van der Waals surface area contributed by atoms with Gasteiger partial charge in [0.15, 0.2) is 0 Å². The van der Waals surface area contributed by atoms with Gasteiger partial charge in [-0.2, -0.15) is 0 Å². The van der Waals surface area contributed by atoms with Gasteiger partial charge in [0.1, 0.15) is 0 Å². The first-order valence-electron chi connectivity index (χ1n) is 6.16. The standard InChI is InChI=1S/C10H13N.C4H9NO/c1-8-3-4-10-9(7-8)5-6-11(10)2;1-2-3-5-4-6/h3-4,7H,5-6H2,1-2H3;4H,2-3H2,1H3,(H,5,6). The molecule has 1 aromatic carbocycles. The van der Waals surface area contributed by atoms with Gasteiger partial charge in [-0.3, -0.25) is 4.79 Å². The highest BCUT2D eigenvalue weighted by Gasteiger charge is 2.14. The molecule has 0 aromatic heterocycles. The van der Waals surface area contributed by atoms with Gasteiger partial charge < -0.3 is 10.2 Å². The largest absolute Gasteiger partial charge is 0.374 e. The fraction of sp³-hybridized carbons (Fsp3) is 0.500. The van der Waals surface area contributed by atoms with Crippen molar-refractivity contribution in [2.75, 3.05) is 25.0 Å². The average Bonchev–Trinajstić information content (AvgIpc) is 2.68. The molecule has 0 unspecified atom stereocenters. The van der Waals surface area contributed by atoms with E-state index in [1.807, 2.05) is 6.92 Å². The second kappa shape index (κ2) is 6.94. The van der Waals surface area contributed by atoms with E-state index >= 15 is 0 Å². The van der Waals surface area contributed by atoms with Crippen molar-refractivity contribution in [2.24, 2.45) is 0 Å². The lowest BCUT2D eigenvalue weighted by molar-refractivity contribution is -0.109. The van der Waals surface area contributed by atoms with Crippen LogP contribution in [0.4, 0.5) is 5.69 Å². The number of hydrogen-bond donors (Lipinski definition) is 1. The summed E-state index contributed by atoms with van der Waals surface area (Å²) in [7, 11) is 2.15. The van der Waals surface area contributed by atoms with E-state index in [0.29, 0.717) is 6.41 Å². The minimum absolute atomic E-state index is 0.712. The Morgan fingerprint density at radius 2 is 2.24 bits per heavy atom. The van der Waals surface area contributed by atoms with E-state index in [4.69, 9.17) is 0 Å². The van der Waals surface area contributed by atoms with Gasteiger partial charge in [0, 0.05) is 25.8 Å². The van der Waals surface area contributed by atoms with E-state index in [1.165, 1.54) is 29.8 Å². The molecule has 0 saturated carbocycles. The van der Waals surface area contributed by atoms with Crippen LogP contribution in [0.1, 0.15) is 24.5 Å². The fourth-order valence-corrected chi connectivity index (χ4v) is 1.90. The number of amides is 1. The van der Waals surface area contributed by atoms with E-state index in [1.54, 1.807) is 0 Å². The van der Waals surface area contributed by atoms with Crippen LogP contribution in [0.15, 0.2) is 18.2 Å². The van der Waals surface area contributed by atoms with Crippen molar-refractivity contribution in [3.63, 3.8) is 0 Å². The van der Waals surface area contributed by atoms with E-state index in [2.05, 4.69) is 42.4 Å². The Hall–Kier alpha value is -1.51. The van der Waals surface area contributed by atoms with Crippen molar-refractivity contribution in [2.45, 2.75) is 26.7 Å². The van der Waals surface area contributed by atoms with Crippen LogP contribution < -0.4 is 10.2 Å².